The molecule has 0 aliphatic carbocycles. The summed E-state index contributed by atoms with van der Waals surface area (Å²) in [6.07, 6.45) is 0. The molecule has 0 spiro atoms. The molecule has 1 nitrogen and oxygen atoms in total. The molecule has 0 amide bonds. The lowest BCUT2D eigenvalue weighted by atomic mass is 9.94. The van der Waals surface area contributed by atoms with Gasteiger partial charge >= 0.3 is 0 Å². The fourth-order valence-corrected chi connectivity index (χ4v) is 9.67. The van der Waals surface area contributed by atoms with E-state index in [-0.39, 0.29) is 0 Å². The van der Waals surface area contributed by atoms with Crippen molar-refractivity contribution in [1.82, 2.24) is 0 Å². The number of hydrogen-bond donors (Lipinski definition) is 0. The van der Waals surface area contributed by atoms with Crippen molar-refractivity contribution in [2.24, 2.45) is 0 Å². The number of anilines is 3. The predicted octanol–water partition coefficient (Wildman–Crippen LogP) is 15.5. The van der Waals surface area contributed by atoms with Crippen molar-refractivity contribution < 1.29 is 0 Å². The second-order valence-corrected chi connectivity index (χ2v) is 15.1. The van der Waals surface area contributed by atoms with Crippen LogP contribution in [0.1, 0.15) is 0 Å². The average Bonchev–Trinajstić information content (AvgIpc) is 3.63. The van der Waals surface area contributed by atoms with Gasteiger partial charge in [0.1, 0.15) is 0 Å². The van der Waals surface area contributed by atoms with Crippen molar-refractivity contribution in [3.63, 3.8) is 0 Å². The van der Waals surface area contributed by atoms with Gasteiger partial charge in [0.15, 0.2) is 0 Å². The zero-order valence-corrected chi connectivity index (χ0v) is 30.2. The number of fused-ring (bicyclic) bond motifs is 9. The first kappa shape index (κ1) is 30.8. The topological polar surface area (TPSA) is 3.24 Å². The van der Waals surface area contributed by atoms with Gasteiger partial charge in [0.25, 0.3) is 0 Å². The van der Waals surface area contributed by atoms with Crippen molar-refractivity contribution in [1.29, 1.82) is 0 Å². The first-order valence-corrected chi connectivity index (χ1v) is 19.3. The smallest absolute Gasteiger partial charge is 0.0555 e. The summed E-state index contributed by atoms with van der Waals surface area (Å²) in [5.41, 5.74) is 8.38. The van der Waals surface area contributed by atoms with Crippen LogP contribution >= 0.6 is 11.3 Å². The monoisotopic (exact) mass is 703 g/mol. The normalized spacial score (nSPS) is 11.7. The third kappa shape index (κ3) is 4.92. The lowest BCUT2D eigenvalue weighted by Crippen LogP contribution is -2.11. The minimum Gasteiger partial charge on any atom is -0.309 e. The summed E-state index contributed by atoms with van der Waals surface area (Å²) in [7, 11) is 0. The van der Waals surface area contributed by atoms with Crippen LogP contribution in [0.5, 0.6) is 0 Å². The Morgan fingerprint density at radius 3 is 1.89 bits per heavy atom. The molecule has 0 saturated heterocycles. The molecule has 0 radical (unpaired) electrons. The van der Waals surface area contributed by atoms with Gasteiger partial charge in [0.05, 0.1) is 11.4 Å². The molecule has 0 N–H and O–H groups in total. The van der Waals surface area contributed by atoms with Gasteiger partial charge in [-0.1, -0.05) is 158 Å². The van der Waals surface area contributed by atoms with E-state index in [0.29, 0.717) is 0 Å². The van der Waals surface area contributed by atoms with E-state index in [2.05, 4.69) is 205 Å². The third-order valence-corrected chi connectivity index (χ3v) is 12.2. The fraction of sp³-hybridized carbons (Fsp3) is 0. The van der Waals surface area contributed by atoms with E-state index in [1.165, 1.54) is 91.2 Å². The second kappa shape index (κ2) is 12.4. The van der Waals surface area contributed by atoms with Crippen LogP contribution in [-0.2, 0) is 0 Å². The maximum atomic E-state index is 2.50. The van der Waals surface area contributed by atoms with E-state index in [1.54, 1.807) is 0 Å². The maximum absolute atomic E-state index is 2.50. The Balaban J connectivity index is 1.15. The van der Waals surface area contributed by atoms with Crippen molar-refractivity contribution in [2.75, 3.05) is 4.90 Å². The highest BCUT2D eigenvalue weighted by Crippen LogP contribution is 2.48. The van der Waals surface area contributed by atoms with Crippen molar-refractivity contribution in [3.05, 3.63) is 200 Å². The molecule has 11 aromatic rings. The van der Waals surface area contributed by atoms with Crippen molar-refractivity contribution in [3.8, 4) is 22.3 Å². The lowest BCUT2D eigenvalue weighted by molar-refractivity contribution is 1.32. The first-order chi connectivity index (χ1) is 26.8. The number of benzene rings is 10. The summed E-state index contributed by atoms with van der Waals surface area (Å²) in [6, 6.07) is 73.6. The van der Waals surface area contributed by atoms with Gasteiger partial charge in [-0.3, -0.25) is 0 Å². The van der Waals surface area contributed by atoms with Crippen molar-refractivity contribution >= 4 is 91.7 Å². The summed E-state index contributed by atoms with van der Waals surface area (Å²) < 4.78 is 2.59. The quantitative estimate of drug-likeness (QED) is 0.161. The minimum atomic E-state index is 1.13. The molecule has 2 heteroatoms. The van der Waals surface area contributed by atoms with Gasteiger partial charge in [-0.2, -0.15) is 0 Å². The fourth-order valence-electron chi connectivity index (χ4n) is 8.54. The number of nitrogens with zero attached hydrogens (tertiary/aromatic N) is 1. The minimum absolute atomic E-state index is 1.13. The van der Waals surface area contributed by atoms with Crippen LogP contribution in [0, 0.1) is 0 Å². The zero-order chi connectivity index (χ0) is 35.6. The van der Waals surface area contributed by atoms with Crippen LogP contribution in [-0.4, -0.2) is 0 Å². The molecule has 1 aromatic heterocycles. The molecule has 0 aliphatic heterocycles. The Labute approximate surface area is 317 Å². The first-order valence-electron chi connectivity index (χ1n) is 18.5. The standard InChI is InChI=1S/C52H33NS/c1-2-12-34(13-3-1)36-26-28-42-38(32-36)27-29-45-43-21-10-22-48(46(43)31-30-44(42)45)53(49-23-11-25-51-52(49)47-19-6-7-24-50(47)54-51)39-17-8-16-37(33-39)41-20-9-15-35-14-4-5-18-40(35)41/h1-33H. The largest absolute Gasteiger partial charge is 0.309 e. The van der Waals surface area contributed by atoms with Gasteiger partial charge < -0.3 is 4.90 Å². The van der Waals surface area contributed by atoms with Crippen LogP contribution in [0.2, 0.25) is 0 Å². The van der Waals surface area contributed by atoms with E-state index in [1.807, 2.05) is 11.3 Å². The number of rotatable bonds is 5. The summed E-state index contributed by atoms with van der Waals surface area (Å²) in [4.78, 5) is 2.50. The van der Waals surface area contributed by atoms with E-state index in [4.69, 9.17) is 0 Å². The summed E-state index contributed by atoms with van der Waals surface area (Å²) in [5, 5.41) is 12.6. The molecule has 0 aliphatic rings. The van der Waals surface area contributed by atoms with Crippen molar-refractivity contribution in [2.45, 2.75) is 0 Å². The van der Waals surface area contributed by atoms with E-state index < -0.39 is 0 Å². The third-order valence-electron chi connectivity index (χ3n) is 11.0. The Morgan fingerprint density at radius 2 is 0.944 bits per heavy atom. The Morgan fingerprint density at radius 1 is 0.315 bits per heavy atom. The molecule has 1 heterocycles. The maximum Gasteiger partial charge on any atom is 0.0555 e. The average molecular weight is 704 g/mol. The van der Waals surface area contributed by atoms with Gasteiger partial charge in [-0.15, -0.1) is 11.3 Å². The number of hydrogen-bond acceptors (Lipinski definition) is 2. The SMILES string of the molecule is c1ccc(-c2ccc3c(ccc4c5cccc(N(c6cccc(-c7cccc8ccccc78)c6)c6cccc7sc8ccccc8c67)c5ccc34)c2)cc1. The van der Waals surface area contributed by atoms with Crippen LogP contribution in [0.3, 0.4) is 0 Å². The van der Waals surface area contributed by atoms with Crippen LogP contribution in [0.15, 0.2) is 200 Å². The summed E-state index contributed by atoms with van der Waals surface area (Å²) in [6.45, 7) is 0. The molecule has 0 bridgehead atoms. The Bertz CT molecular complexity index is 3220. The second-order valence-electron chi connectivity index (χ2n) is 14.1. The molecular formula is C52H33NS. The highest BCUT2D eigenvalue weighted by molar-refractivity contribution is 7.26. The zero-order valence-electron chi connectivity index (χ0n) is 29.4. The van der Waals surface area contributed by atoms with E-state index in [9.17, 15) is 0 Å². The number of thiophene rings is 1. The Hall–Kier alpha value is -6.74. The predicted molar refractivity (Wildman–Crippen MR) is 235 cm³/mol. The van der Waals surface area contributed by atoms with Crippen LogP contribution in [0.4, 0.5) is 17.1 Å². The van der Waals surface area contributed by atoms with Gasteiger partial charge in [0.2, 0.25) is 0 Å². The lowest BCUT2D eigenvalue weighted by Gasteiger charge is -2.28. The highest BCUT2D eigenvalue weighted by atomic mass is 32.1. The molecule has 0 fully saturated rings. The van der Waals surface area contributed by atoms with Gasteiger partial charge in [0, 0.05) is 31.2 Å². The molecule has 0 saturated carbocycles. The van der Waals surface area contributed by atoms with E-state index in [0.717, 1.165) is 11.4 Å². The van der Waals surface area contributed by atoms with Crippen LogP contribution < -0.4 is 4.90 Å². The van der Waals surface area contributed by atoms with E-state index >= 15 is 0 Å². The molecular weight excluding hydrogens is 671 g/mol. The molecule has 0 atom stereocenters. The molecule has 252 valence electrons. The molecule has 54 heavy (non-hydrogen) atoms. The molecule has 10 aromatic carbocycles. The van der Waals surface area contributed by atoms with Crippen LogP contribution in [0.25, 0.3) is 85.5 Å². The van der Waals surface area contributed by atoms with Gasteiger partial charge in [-0.25, -0.2) is 0 Å². The Kier molecular flexibility index (Phi) is 7.11. The van der Waals surface area contributed by atoms with Gasteiger partial charge in [-0.05, 0) is 102 Å². The molecule has 11 rings (SSSR count). The summed E-state index contributed by atoms with van der Waals surface area (Å²) >= 11 is 1.86. The summed E-state index contributed by atoms with van der Waals surface area (Å²) in [5.74, 6) is 0. The molecule has 0 unspecified atom stereocenters. The highest BCUT2D eigenvalue weighted by Gasteiger charge is 2.21.